The maximum atomic E-state index is 13.6. The number of alkyl halides is 3. The Balaban J connectivity index is 2.13. The molecular formula is C20H22F8N2O9S. The molecule has 40 heavy (non-hydrogen) atoms. The van der Waals surface area contributed by atoms with Crippen molar-refractivity contribution in [1.82, 2.24) is 4.90 Å². The van der Waals surface area contributed by atoms with Crippen molar-refractivity contribution in [2.75, 3.05) is 33.4 Å². The summed E-state index contributed by atoms with van der Waals surface area (Å²) >= 11 is 0. The maximum Gasteiger partial charge on any atom is 0.511 e. The molecule has 0 bridgehead atoms. The second kappa shape index (κ2) is 10.8. The van der Waals surface area contributed by atoms with Crippen LogP contribution >= 0.6 is 10.2 Å². The standard InChI is InChI=1S/C20H22F8N2O9S/c1-11-8-14(40(24,25,26,27)28)9-13-10-15(17(20(21,22)23)39-16(11)13)18(31)37-12(2)38-19(32)35-6-4-29(3)5-7-36-30(33)34/h8-10,12,17H,4-7H2,1-3H3/t12?,17-/m0/s1. The second-order valence-electron chi connectivity index (χ2n) is 8.32. The van der Waals surface area contributed by atoms with Crippen LogP contribution in [0.1, 0.15) is 18.1 Å². The number of rotatable bonds is 11. The zero-order valence-corrected chi connectivity index (χ0v) is 21.5. The highest BCUT2D eigenvalue weighted by Crippen LogP contribution is 3.02. The molecule has 2 atom stereocenters. The Morgan fingerprint density at radius 1 is 1.12 bits per heavy atom. The van der Waals surface area contributed by atoms with Crippen LogP contribution in [0.3, 0.4) is 0 Å². The number of esters is 1. The van der Waals surface area contributed by atoms with E-state index < -0.39 is 73.4 Å². The molecule has 0 saturated heterocycles. The van der Waals surface area contributed by atoms with Crippen molar-refractivity contribution in [2.45, 2.75) is 37.3 Å². The van der Waals surface area contributed by atoms with Crippen LogP contribution < -0.4 is 4.74 Å². The van der Waals surface area contributed by atoms with Crippen LogP contribution in [0.4, 0.5) is 37.4 Å². The van der Waals surface area contributed by atoms with Gasteiger partial charge < -0.3 is 28.7 Å². The van der Waals surface area contributed by atoms with Gasteiger partial charge in [0.1, 0.15) is 23.9 Å². The van der Waals surface area contributed by atoms with Gasteiger partial charge in [0.25, 0.3) is 5.09 Å². The third-order valence-corrected chi connectivity index (χ3v) is 6.11. The lowest BCUT2D eigenvalue weighted by Crippen LogP contribution is -2.41. The van der Waals surface area contributed by atoms with Gasteiger partial charge in [0.15, 0.2) is 0 Å². The third kappa shape index (κ3) is 9.28. The van der Waals surface area contributed by atoms with Crippen LogP contribution in [0.15, 0.2) is 22.6 Å². The van der Waals surface area contributed by atoms with Crippen molar-refractivity contribution < 1.29 is 71.1 Å². The quantitative estimate of drug-likeness (QED) is 0.103. The number of halogens is 8. The second-order valence-corrected chi connectivity index (χ2v) is 10.7. The van der Waals surface area contributed by atoms with Gasteiger partial charge >= 0.3 is 28.5 Å². The number of hydrogen-bond acceptors (Lipinski definition) is 10. The summed E-state index contributed by atoms with van der Waals surface area (Å²) in [7, 11) is -8.76. The number of fused-ring (bicyclic) bond motifs is 1. The van der Waals surface area contributed by atoms with E-state index in [1.165, 1.54) is 11.9 Å². The van der Waals surface area contributed by atoms with E-state index in [4.69, 9.17) is 4.74 Å². The molecule has 0 saturated carbocycles. The molecule has 1 unspecified atom stereocenters. The van der Waals surface area contributed by atoms with Crippen molar-refractivity contribution in [3.63, 3.8) is 0 Å². The van der Waals surface area contributed by atoms with Crippen LogP contribution in [-0.2, 0) is 23.8 Å². The SMILES string of the molecule is Cc1cc(S(F)(F)(F)(F)F)cc2c1O[C@H](C(F)(F)F)C(C(=O)OC(C)OC(=O)OCCN(C)CCO[N+](=O)[O-])=C2. The molecule has 1 aromatic rings. The molecular weight excluding hydrogens is 596 g/mol. The minimum Gasteiger partial charge on any atom is -0.475 e. The minimum absolute atomic E-state index is 0.0433. The highest BCUT2D eigenvalue weighted by Gasteiger charge is 2.65. The Labute approximate surface area is 220 Å². The van der Waals surface area contributed by atoms with E-state index in [0.29, 0.717) is 0 Å². The summed E-state index contributed by atoms with van der Waals surface area (Å²) < 4.78 is 126. The number of ether oxygens (including phenoxy) is 4. The van der Waals surface area contributed by atoms with E-state index in [9.17, 15) is 52.3 Å². The first-order valence-electron chi connectivity index (χ1n) is 10.8. The normalized spacial score (nSPS) is 17.8. The highest BCUT2D eigenvalue weighted by molar-refractivity contribution is 8.45. The van der Waals surface area contributed by atoms with Gasteiger partial charge in [-0.1, -0.05) is 19.4 Å². The molecule has 0 aliphatic carbocycles. The molecule has 1 aromatic carbocycles. The Morgan fingerprint density at radius 2 is 1.73 bits per heavy atom. The first kappa shape index (κ1) is 32.7. The molecule has 0 spiro atoms. The minimum atomic E-state index is -10.3. The molecule has 0 N–H and O–H groups in total. The number of likely N-dealkylation sites (N-methyl/N-ethyl adjacent to an activating group) is 1. The van der Waals surface area contributed by atoms with E-state index in [1.54, 1.807) is 0 Å². The first-order valence-corrected chi connectivity index (χ1v) is 12.8. The Bertz CT molecular complexity index is 1190. The van der Waals surface area contributed by atoms with Crippen LogP contribution in [0.5, 0.6) is 5.75 Å². The van der Waals surface area contributed by atoms with E-state index in [-0.39, 0.29) is 44.5 Å². The van der Waals surface area contributed by atoms with Crippen molar-refractivity contribution in [1.29, 1.82) is 0 Å². The van der Waals surface area contributed by atoms with Gasteiger partial charge in [0, 0.05) is 25.6 Å². The smallest absolute Gasteiger partial charge is 0.475 e. The van der Waals surface area contributed by atoms with Crippen LogP contribution in [0.25, 0.3) is 6.08 Å². The van der Waals surface area contributed by atoms with Gasteiger partial charge in [-0.2, -0.15) is 13.2 Å². The molecule has 20 heteroatoms. The fourth-order valence-electron chi connectivity index (χ4n) is 3.17. The van der Waals surface area contributed by atoms with Crippen molar-refractivity contribution in [2.24, 2.45) is 0 Å². The number of carbonyl (C=O) groups excluding carboxylic acids is 2. The van der Waals surface area contributed by atoms with Gasteiger partial charge in [-0.25, -0.2) is 9.59 Å². The number of hydrogen-bond donors (Lipinski definition) is 0. The fourth-order valence-corrected chi connectivity index (χ4v) is 3.92. The molecule has 0 radical (unpaired) electrons. The number of carbonyl (C=O) groups is 2. The lowest BCUT2D eigenvalue weighted by atomic mass is 9.99. The van der Waals surface area contributed by atoms with E-state index in [2.05, 4.69) is 19.0 Å². The molecule has 11 nitrogen and oxygen atoms in total. The summed E-state index contributed by atoms with van der Waals surface area (Å²) in [4.78, 5) is 37.5. The van der Waals surface area contributed by atoms with Gasteiger partial charge in [-0.15, -0.1) is 10.1 Å². The maximum absolute atomic E-state index is 13.6. The summed E-state index contributed by atoms with van der Waals surface area (Å²) in [6, 6.07) is -0.216. The van der Waals surface area contributed by atoms with Gasteiger partial charge in [0.05, 0.1) is 5.57 Å². The summed E-state index contributed by atoms with van der Waals surface area (Å²) in [5.74, 6) is -2.65. The summed E-state index contributed by atoms with van der Waals surface area (Å²) in [5.41, 5.74) is -2.99. The fraction of sp³-hybridized carbons (Fsp3) is 0.500. The van der Waals surface area contributed by atoms with Crippen LogP contribution in [-0.4, -0.2) is 74.0 Å². The third-order valence-electron chi connectivity index (χ3n) is 4.98. The molecule has 0 aromatic heterocycles. The predicted molar refractivity (Wildman–Crippen MR) is 119 cm³/mol. The number of benzene rings is 1. The molecule has 1 aliphatic heterocycles. The molecule has 0 amide bonds. The highest BCUT2D eigenvalue weighted by atomic mass is 32.5. The van der Waals surface area contributed by atoms with E-state index in [0.717, 1.165) is 13.8 Å². The molecule has 2 rings (SSSR count). The first-order chi connectivity index (χ1) is 18.0. The van der Waals surface area contributed by atoms with Crippen LogP contribution in [0.2, 0.25) is 0 Å². The molecule has 228 valence electrons. The lowest BCUT2D eigenvalue weighted by molar-refractivity contribution is -0.757. The van der Waals surface area contributed by atoms with Gasteiger partial charge in [-0.05, 0) is 37.7 Å². The van der Waals surface area contributed by atoms with Gasteiger partial charge in [-0.3, -0.25) is 0 Å². The average molecular weight is 618 g/mol. The van der Waals surface area contributed by atoms with E-state index >= 15 is 0 Å². The van der Waals surface area contributed by atoms with Crippen molar-refractivity contribution >= 4 is 28.4 Å². The lowest BCUT2D eigenvalue weighted by Gasteiger charge is -2.41. The summed E-state index contributed by atoms with van der Waals surface area (Å²) in [6.45, 7) is 1.24. The topological polar surface area (TPSA) is 127 Å². The monoisotopic (exact) mass is 618 g/mol. The summed E-state index contributed by atoms with van der Waals surface area (Å²) in [6.07, 6.45) is -11.4. The average Bonchev–Trinajstić information content (AvgIpc) is 2.75. The Kier molecular flexibility index (Phi) is 8.81. The number of aryl methyl sites for hydroxylation is 1. The molecule has 1 heterocycles. The van der Waals surface area contributed by atoms with E-state index in [1.807, 2.05) is 0 Å². The zero-order valence-electron chi connectivity index (χ0n) is 20.7. The molecule has 1 aliphatic rings. The van der Waals surface area contributed by atoms with Crippen LogP contribution in [0, 0.1) is 17.0 Å². The van der Waals surface area contributed by atoms with Gasteiger partial charge in [0.2, 0.25) is 12.4 Å². The predicted octanol–water partition coefficient (Wildman–Crippen LogP) is 5.54. The molecule has 0 fully saturated rings. The Hall–Kier alpha value is -3.55. The summed E-state index contributed by atoms with van der Waals surface area (Å²) in [5, 5.41) is 9.08. The van der Waals surface area contributed by atoms with Crippen molar-refractivity contribution in [3.05, 3.63) is 38.9 Å². The zero-order chi connectivity index (χ0) is 30.7. The largest absolute Gasteiger partial charge is 0.511 e. The Morgan fingerprint density at radius 3 is 2.27 bits per heavy atom. The number of nitrogens with zero attached hydrogens (tertiary/aromatic N) is 2. The van der Waals surface area contributed by atoms with Crippen molar-refractivity contribution in [3.8, 4) is 5.75 Å².